The van der Waals surface area contributed by atoms with Crippen molar-refractivity contribution in [1.29, 1.82) is 0 Å². The van der Waals surface area contributed by atoms with Gasteiger partial charge < -0.3 is 14.0 Å². The van der Waals surface area contributed by atoms with Crippen molar-refractivity contribution in [2.24, 2.45) is 0 Å². The molecule has 2 atom stereocenters. The normalized spacial score (nSPS) is 20.5. The quantitative estimate of drug-likeness (QED) is 0.719. The van der Waals surface area contributed by atoms with Crippen LogP contribution in [0, 0.1) is 0 Å². The van der Waals surface area contributed by atoms with E-state index in [0.29, 0.717) is 19.8 Å². The molecule has 3 heterocycles. The molecular weight excluding hydrogens is 306 g/mol. The summed E-state index contributed by atoms with van der Waals surface area (Å²) >= 11 is 0. The number of rotatable bonds is 5. The van der Waals surface area contributed by atoms with Crippen molar-refractivity contribution in [3.05, 3.63) is 48.9 Å². The number of benzene rings is 1. The fraction of sp³-hybridized carbons (Fsp3) is 0.353. The number of aromatic nitrogens is 5. The molecule has 0 unspecified atom stereocenters. The molecule has 0 N–H and O–H groups in total. The summed E-state index contributed by atoms with van der Waals surface area (Å²) in [5, 5.41) is 8.50. The molecule has 1 aliphatic heterocycles. The van der Waals surface area contributed by atoms with Crippen LogP contribution in [0.2, 0.25) is 0 Å². The number of hydrogen-bond donors (Lipinski definition) is 0. The summed E-state index contributed by atoms with van der Waals surface area (Å²) < 4.78 is 15.2. The standard InChI is InChI=1S/C17H19N5O2/c1-2-24-16-12-23-11-15(16)21-9-8-18-17(21)14-10-22(20-19-14)13-6-4-3-5-7-13/h3-10,15-16H,2,11-12H2,1H3/t15-,16-/m0/s1. The van der Waals surface area contributed by atoms with Crippen LogP contribution in [0.1, 0.15) is 13.0 Å². The molecule has 0 saturated carbocycles. The van der Waals surface area contributed by atoms with Crippen LogP contribution in [0.5, 0.6) is 0 Å². The molecule has 1 aromatic carbocycles. The molecule has 0 amide bonds. The average molecular weight is 325 g/mol. The molecule has 2 aromatic heterocycles. The van der Waals surface area contributed by atoms with Gasteiger partial charge in [-0.1, -0.05) is 23.4 Å². The second-order valence-corrected chi connectivity index (χ2v) is 5.64. The van der Waals surface area contributed by atoms with Gasteiger partial charge in [0.05, 0.1) is 31.1 Å². The van der Waals surface area contributed by atoms with Crippen molar-refractivity contribution in [2.75, 3.05) is 19.8 Å². The third-order valence-electron chi connectivity index (χ3n) is 4.15. The Hall–Kier alpha value is -2.51. The van der Waals surface area contributed by atoms with E-state index in [1.165, 1.54) is 0 Å². The predicted octanol–water partition coefficient (Wildman–Crippen LogP) is 2.11. The zero-order valence-corrected chi connectivity index (χ0v) is 13.4. The van der Waals surface area contributed by atoms with Gasteiger partial charge in [0.2, 0.25) is 0 Å². The van der Waals surface area contributed by atoms with Crippen molar-refractivity contribution < 1.29 is 9.47 Å². The van der Waals surface area contributed by atoms with Gasteiger partial charge in [-0.25, -0.2) is 9.67 Å². The summed E-state index contributed by atoms with van der Waals surface area (Å²) in [6.45, 7) is 3.88. The van der Waals surface area contributed by atoms with Crippen molar-refractivity contribution in [1.82, 2.24) is 24.5 Å². The number of ether oxygens (including phenoxy) is 2. The van der Waals surface area contributed by atoms with Crippen LogP contribution in [0.15, 0.2) is 48.9 Å². The summed E-state index contributed by atoms with van der Waals surface area (Å²) in [5.74, 6) is 0.775. The summed E-state index contributed by atoms with van der Waals surface area (Å²) in [4.78, 5) is 4.47. The average Bonchev–Trinajstić information content (AvgIpc) is 3.35. The van der Waals surface area contributed by atoms with E-state index >= 15 is 0 Å². The molecule has 1 aliphatic rings. The first-order valence-corrected chi connectivity index (χ1v) is 8.07. The Morgan fingerprint density at radius 1 is 1.25 bits per heavy atom. The van der Waals surface area contributed by atoms with E-state index in [4.69, 9.17) is 9.47 Å². The minimum absolute atomic E-state index is 0.0344. The van der Waals surface area contributed by atoms with Gasteiger partial charge in [-0.2, -0.15) is 0 Å². The van der Waals surface area contributed by atoms with Gasteiger partial charge in [0.25, 0.3) is 0 Å². The summed E-state index contributed by atoms with van der Waals surface area (Å²) in [7, 11) is 0. The summed E-state index contributed by atoms with van der Waals surface area (Å²) in [5.41, 5.74) is 1.69. The number of imidazole rings is 1. The molecule has 7 nitrogen and oxygen atoms in total. The van der Waals surface area contributed by atoms with Crippen LogP contribution in [0.25, 0.3) is 17.2 Å². The molecule has 1 fully saturated rings. The highest BCUT2D eigenvalue weighted by Crippen LogP contribution is 2.27. The maximum atomic E-state index is 5.79. The van der Waals surface area contributed by atoms with Crippen molar-refractivity contribution in [3.8, 4) is 17.2 Å². The fourth-order valence-corrected chi connectivity index (χ4v) is 3.01. The summed E-state index contributed by atoms with van der Waals surface area (Å²) in [6, 6.07) is 9.99. The first kappa shape index (κ1) is 15.0. The summed E-state index contributed by atoms with van der Waals surface area (Å²) in [6.07, 6.45) is 5.65. The van der Waals surface area contributed by atoms with E-state index in [9.17, 15) is 0 Å². The molecular formula is C17H19N5O2. The van der Waals surface area contributed by atoms with Gasteiger partial charge in [0.15, 0.2) is 5.82 Å². The van der Waals surface area contributed by atoms with E-state index in [2.05, 4.69) is 19.9 Å². The number of para-hydroxylation sites is 1. The Kier molecular flexibility index (Phi) is 4.10. The van der Waals surface area contributed by atoms with Crippen molar-refractivity contribution in [3.63, 3.8) is 0 Å². The lowest BCUT2D eigenvalue weighted by Crippen LogP contribution is -2.25. The lowest BCUT2D eigenvalue weighted by Gasteiger charge is -2.20. The van der Waals surface area contributed by atoms with Crippen LogP contribution < -0.4 is 0 Å². The minimum Gasteiger partial charge on any atom is -0.376 e. The monoisotopic (exact) mass is 325 g/mol. The van der Waals surface area contributed by atoms with E-state index < -0.39 is 0 Å². The van der Waals surface area contributed by atoms with E-state index in [1.54, 1.807) is 10.9 Å². The number of hydrogen-bond acceptors (Lipinski definition) is 5. The second kappa shape index (κ2) is 6.54. The third-order valence-corrected chi connectivity index (χ3v) is 4.15. The highest BCUT2D eigenvalue weighted by atomic mass is 16.5. The Morgan fingerprint density at radius 3 is 2.96 bits per heavy atom. The zero-order valence-electron chi connectivity index (χ0n) is 13.4. The Labute approximate surface area is 139 Å². The van der Waals surface area contributed by atoms with Crippen molar-refractivity contribution in [2.45, 2.75) is 19.1 Å². The Morgan fingerprint density at radius 2 is 2.12 bits per heavy atom. The highest BCUT2D eigenvalue weighted by molar-refractivity contribution is 5.49. The molecule has 0 spiro atoms. The number of nitrogens with zero attached hydrogens (tertiary/aromatic N) is 5. The minimum atomic E-state index is 0.0344. The SMILES string of the molecule is CCO[C@H]1COC[C@@H]1n1ccnc1-c1cn(-c2ccccc2)nn1. The van der Waals surface area contributed by atoms with Gasteiger partial charge >= 0.3 is 0 Å². The van der Waals surface area contributed by atoms with Gasteiger partial charge in [-0.3, -0.25) is 0 Å². The van der Waals surface area contributed by atoms with Crippen LogP contribution in [-0.2, 0) is 9.47 Å². The molecule has 7 heteroatoms. The molecule has 24 heavy (non-hydrogen) atoms. The molecule has 0 radical (unpaired) electrons. The smallest absolute Gasteiger partial charge is 0.162 e. The van der Waals surface area contributed by atoms with Crippen LogP contribution in [0.3, 0.4) is 0 Å². The van der Waals surface area contributed by atoms with Gasteiger partial charge in [-0.05, 0) is 19.1 Å². The predicted molar refractivity (Wildman–Crippen MR) is 87.9 cm³/mol. The molecule has 4 rings (SSSR count). The molecule has 1 saturated heterocycles. The van der Waals surface area contributed by atoms with Crippen molar-refractivity contribution >= 4 is 0 Å². The zero-order chi connectivity index (χ0) is 16.4. The fourth-order valence-electron chi connectivity index (χ4n) is 3.01. The van der Waals surface area contributed by atoms with Gasteiger partial charge in [0, 0.05) is 19.0 Å². The first-order chi connectivity index (χ1) is 11.9. The molecule has 0 aliphatic carbocycles. The van der Waals surface area contributed by atoms with Crippen LogP contribution >= 0.6 is 0 Å². The topological polar surface area (TPSA) is 67.0 Å². The second-order valence-electron chi connectivity index (χ2n) is 5.64. The third kappa shape index (κ3) is 2.72. The molecule has 3 aromatic rings. The van der Waals surface area contributed by atoms with Gasteiger partial charge in [-0.15, -0.1) is 5.10 Å². The molecule has 0 bridgehead atoms. The molecule has 124 valence electrons. The maximum Gasteiger partial charge on any atom is 0.162 e. The highest BCUT2D eigenvalue weighted by Gasteiger charge is 2.32. The van der Waals surface area contributed by atoms with E-state index in [0.717, 1.165) is 17.2 Å². The van der Waals surface area contributed by atoms with Gasteiger partial charge in [0.1, 0.15) is 11.8 Å². The first-order valence-electron chi connectivity index (χ1n) is 8.07. The lowest BCUT2D eigenvalue weighted by atomic mass is 10.2. The van der Waals surface area contributed by atoms with Crippen LogP contribution in [-0.4, -0.2) is 50.5 Å². The van der Waals surface area contributed by atoms with E-state index in [1.807, 2.05) is 49.6 Å². The maximum absolute atomic E-state index is 5.79. The van der Waals surface area contributed by atoms with Crippen LogP contribution in [0.4, 0.5) is 0 Å². The van der Waals surface area contributed by atoms with E-state index in [-0.39, 0.29) is 12.1 Å². The lowest BCUT2D eigenvalue weighted by molar-refractivity contribution is 0.0364. The largest absolute Gasteiger partial charge is 0.376 e. The Bertz CT molecular complexity index is 798. The Balaban J connectivity index is 1.65.